The predicted octanol–water partition coefficient (Wildman–Crippen LogP) is 2.52. The van der Waals surface area contributed by atoms with Crippen LogP contribution in [0.4, 0.5) is 5.69 Å². The van der Waals surface area contributed by atoms with E-state index in [0.29, 0.717) is 10.2 Å². The fraction of sp³-hybridized carbons (Fsp3) is 0.143. The fourth-order valence-electron chi connectivity index (χ4n) is 1.77. The van der Waals surface area contributed by atoms with Crippen molar-refractivity contribution in [1.82, 2.24) is 4.72 Å². The first-order valence-corrected chi connectivity index (χ1v) is 8.38. The van der Waals surface area contributed by atoms with Crippen LogP contribution in [0.2, 0.25) is 0 Å². The molecule has 0 bridgehead atoms. The van der Waals surface area contributed by atoms with Gasteiger partial charge in [0.1, 0.15) is 10.6 Å². The number of hydrogen-bond acceptors (Lipinski definition) is 4. The van der Waals surface area contributed by atoms with E-state index in [2.05, 4.69) is 20.7 Å². The summed E-state index contributed by atoms with van der Waals surface area (Å²) in [6.07, 6.45) is 0. The zero-order valence-corrected chi connectivity index (χ0v) is 13.7. The summed E-state index contributed by atoms with van der Waals surface area (Å²) < 4.78 is 33.0. The van der Waals surface area contributed by atoms with Gasteiger partial charge in [0.05, 0.1) is 7.11 Å². The topological polar surface area (TPSA) is 81.4 Å². The van der Waals surface area contributed by atoms with Crippen LogP contribution < -0.4 is 15.2 Å². The molecule has 7 heteroatoms. The van der Waals surface area contributed by atoms with Crippen LogP contribution in [0.15, 0.2) is 51.8 Å². The van der Waals surface area contributed by atoms with Crippen LogP contribution in [0.1, 0.15) is 5.56 Å². The highest BCUT2D eigenvalue weighted by Gasteiger charge is 2.20. The average Bonchev–Trinajstić information content (AvgIpc) is 2.48. The number of nitrogens with two attached hydrogens (primary N) is 1. The standard InChI is InChI=1S/C14H15BrN2O3S/c1-20-13-7-11(15)12(16)8-14(13)21(18,19)17-9-10-5-3-2-4-6-10/h2-8,17H,9,16H2,1H3. The van der Waals surface area contributed by atoms with Gasteiger partial charge in [0.2, 0.25) is 10.0 Å². The summed E-state index contributed by atoms with van der Waals surface area (Å²) in [5.74, 6) is 0.233. The lowest BCUT2D eigenvalue weighted by molar-refractivity contribution is 0.402. The lowest BCUT2D eigenvalue weighted by atomic mass is 10.2. The Hall–Kier alpha value is -1.57. The van der Waals surface area contributed by atoms with Crippen LogP contribution in [0.3, 0.4) is 0 Å². The summed E-state index contributed by atoms with van der Waals surface area (Å²) in [6.45, 7) is 0.197. The van der Waals surface area contributed by atoms with Crippen LogP contribution in [-0.2, 0) is 16.6 Å². The maximum atomic E-state index is 12.4. The molecule has 0 aliphatic rings. The summed E-state index contributed by atoms with van der Waals surface area (Å²) in [5, 5.41) is 0. The Balaban J connectivity index is 2.29. The van der Waals surface area contributed by atoms with E-state index in [9.17, 15) is 8.42 Å². The number of rotatable bonds is 5. The molecule has 2 rings (SSSR count). The van der Waals surface area contributed by atoms with Crippen LogP contribution in [0, 0.1) is 0 Å². The van der Waals surface area contributed by atoms with Crippen molar-refractivity contribution < 1.29 is 13.2 Å². The summed E-state index contributed by atoms with van der Waals surface area (Å²) in [7, 11) is -2.31. The highest BCUT2D eigenvalue weighted by Crippen LogP contribution is 2.32. The molecule has 0 saturated carbocycles. The lowest BCUT2D eigenvalue weighted by Gasteiger charge is -2.12. The zero-order valence-electron chi connectivity index (χ0n) is 11.3. The number of nitrogen functional groups attached to an aromatic ring is 1. The number of anilines is 1. The van der Waals surface area contributed by atoms with Gasteiger partial charge in [-0.2, -0.15) is 0 Å². The molecule has 112 valence electrons. The van der Waals surface area contributed by atoms with E-state index in [4.69, 9.17) is 10.5 Å². The number of nitrogens with one attached hydrogen (secondary N) is 1. The second-order valence-corrected chi connectivity index (χ2v) is 6.92. The number of benzene rings is 2. The minimum Gasteiger partial charge on any atom is -0.495 e. The summed E-state index contributed by atoms with van der Waals surface area (Å²) >= 11 is 3.24. The quantitative estimate of drug-likeness (QED) is 0.792. The highest BCUT2D eigenvalue weighted by atomic mass is 79.9. The molecule has 2 aromatic carbocycles. The average molecular weight is 371 g/mol. The van der Waals surface area contributed by atoms with Crippen molar-refractivity contribution >= 4 is 31.6 Å². The minimum atomic E-state index is -3.72. The molecule has 0 atom stereocenters. The maximum absolute atomic E-state index is 12.4. The van der Waals surface area contributed by atoms with Crippen molar-refractivity contribution in [3.8, 4) is 5.75 Å². The van der Waals surface area contributed by atoms with E-state index in [-0.39, 0.29) is 17.2 Å². The second kappa shape index (κ2) is 6.46. The molecule has 2 aromatic rings. The third kappa shape index (κ3) is 3.75. The Bertz CT molecular complexity index is 733. The molecule has 0 heterocycles. The number of sulfonamides is 1. The van der Waals surface area contributed by atoms with E-state index < -0.39 is 10.0 Å². The van der Waals surface area contributed by atoms with Gasteiger partial charge in [-0.1, -0.05) is 30.3 Å². The smallest absolute Gasteiger partial charge is 0.244 e. The number of halogens is 1. The highest BCUT2D eigenvalue weighted by molar-refractivity contribution is 9.10. The summed E-state index contributed by atoms with van der Waals surface area (Å²) in [4.78, 5) is 0.0154. The first-order valence-electron chi connectivity index (χ1n) is 6.10. The molecule has 0 saturated heterocycles. The van der Waals surface area contributed by atoms with Crippen molar-refractivity contribution in [3.05, 3.63) is 52.5 Å². The Kier molecular flexibility index (Phi) is 4.87. The monoisotopic (exact) mass is 370 g/mol. The van der Waals surface area contributed by atoms with Gasteiger partial charge < -0.3 is 10.5 Å². The van der Waals surface area contributed by atoms with Crippen molar-refractivity contribution in [2.24, 2.45) is 0 Å². The maximum Gasteiger partial charge on any atom is 0.244 e. The lowest BCUT2D eigenvalue weighted by Crippen LogP contribution is -2.24. The minimum absolute atomic E-state index is 0.0154. The van der Waals surface area contributed by atoms with Gasteiger partial charge >= 0.3 is 0 Å². The molecular formula is C14H15BrN2O3S. The van der Waals surface area contributed by atoms with Gasteiger partial charge in [-0.05, 0) is 33.6 Å². The first kappa shape index (κ1) is 15.8. The van der Waals surface area contributed by atoms with Gasteiger partial charge in [-0.15, -0.1) is 0 Å². The van der Waals surface area contributed by atoms with Gasteiger partial charge in [-0.25, -0.2) is 13.1 Å². The van der Waals surface area contributed by atoms with Crippen molar-refractivity contribution in [3.63, 3.8) is 0 Å². The van der Waals surface area contributed by atoms with Crippen LogP contribution in [0.25, 0.3) is 0 Å². The normalized spacial score (nSPS) is 11.3. The Morgan fingerprint density at radius 3 is 2.52 bits per heavy atom. The third-order valence-corrected chi connectivity index (χ3v) is 4.99. The van der Waals surface area contributed by atoms with Crippen molar-refractivity contribution in [2.75, 3.05) is 12.8 Å². The van der Waals surface area contributed by atoms with E-state index in [1.807, 2.05) is 30.3 Å². The zero-order chi connectivity index (χ0) is 15.5. The van der Waals surface area contributed by atoms with Crippen molar-refractivity contribution in [2.45, 2.75) is 11.4 Å². The Morgan fingerprint density at radius 2 is 1.90 bits per heavy atom. The molecule has 0 aliphatic heterocycles. The largest absolute Gasteiger partial charge is 0.495 e. The van der Waals surface area contributed by atoms with Gasteiger partial charge in [-0.3, -0.25) is 0 Å². The molecule has 0 aromatic heterocycles. The third-order valence-electron chi connectivity index (χ3n) is 2.88. The van der Waals surface area contributed by atoms with E-state index in [1.54, 1.807) is 0 Å². The molecule has 0 unspecified atom stereocenters. The molecular weight excluding hydrogens is 356 g/mol. The fourth-order valence-corrected chi connectivity index (χ4v) is 3.30. The molecule has 0 spiro atoms. The molecule has 0 fully saturated rings. The van der Waals surface area contributed by atoms with E-state index >= 15 is 0 Å². The summed E-state index contributed by atoms with van der Waals surface area (Å²) in [6, 6.07) is 12.2. The number of methoxy groups -OCH3 is 1. The van der Waals surface area contributed by atoms with Gasteiger partial charge in [0.25, 0.3) is 0 Å². The molecule has 3 N–H and O–H groups in total. The number of ether oxygens (including phenoxy) is 1. The van der Waals surface area contributed by atoms with Crippen LogP contribution >= 0.6 is 15.9 Å². The van der Waals surface area contributed by atoms with E-state index in [0.717, 1.165) is 5.56 Å². The Labute approximate surface area is 132 Å². The number of hydrogen-bond donors (Lipinski definition) is 2. The van der Waals surface area contributed by atoms with Crippen LogP contribution in [-0.4, -0.2) is 15.5 Å². The van der Waals surface area contributed by atoms with Crippen molar-refractivity contribution in [1.29, 1.82) is 0 Å². The molecule has 5 nitrogen and oxygen atoms in total. The predicted molar refractivity (Wildman–Crippen MR) is 85.6 cm³/mol. The molecule has 0 aliphatic carbocycles. The van der Waals surface area contributed by atoms with Gasteiger partial charge in [0, 0.05) is 16.7 Å². The second-order valence-electron chi connectivity index (χ2n) is 4.33. The molecule has 21 heavy (non-hydrogen) atoms. The summed E-state index contributed by atoms with van der Waals surface area (Å²) in [5.41, 5.74) is 6.95. The SMILES string of the molecule is COc1cc(Br)c(N)cc1S(=O)(=O)NCc1ccccc1. The molecule has 0 amide bonds. The first-order chi connectivity index (χ1) is 9.94. The van der Waals surface area contributed by atoms with E-state index in [1.165, 1.54) is 19.2 Å². The van der Waals surface area contributed by atoms with Gasteiger partial charge in [0.15, 0.2) is 0 Å². The molecule has 0 radical (unpaired) electrons. The Morgan fingerprint density at radius 1 is 1.24 bits per heavy atom. The van der Waals surface area contributed by atoms with Crippen LogP contribution in [0.5, 0.6) is 5.75 Å².